The summed E-state index contributed by atoms with van der Waals surface area (Å²) in [6.45, 7) is 5.18. The summed E-state index contributed by atoms with van der Waals surface area (Å²) in [5.41, 5.74) is 3.37. The Morgan fingerprint density at radius 2 is 1.71 bits per heavy atom. The Balaban J connectivity index is 0.00000280. The van der Waals surface area contributed by atoms with Gasteiger partial charge in [-0.1, -0.05) is 18.2 Å². The van der Waals surface area contributed by atoms with Crippen molar-refractivity contribution in [2.75, 3.05) is 38.6 Å². The topological polar surface area (TPSA) is 40.9 Å². The molecule has 0 atom stereocenters. The van der Waals surface area contributed by atoms with Gasteiger partial charge in [0.15, 0.2) is 0 Å². The standard InChI is InChI=1S/C21H26N5S.BrH/c1-4-25(15-16-26(2,3)20-8-6-5-7-9-20)19-12-10-18(11-13-19)23-24-21-22-14-17-27-21;/h5-14,17H,4,15-16H2,1-3H3;1H/q+1;/p-1. The smallest absolute Gasteiger partial charge is 0.229 e. The third-order valence-electron chi connectivity index (χ3n) is 4.65. The lowest BCUT2D eigenvalue weighted by Gasteiger charge is -2.32. The van der Waals surface area contributed by atoms with Crippen LogP contribution in [0.1, 0.15) is 6.92 Å². The van der Waals surface area contributed by atoms with Gasteiger partial charge in [-0.2, -0.15) is 0 Å². The van der Waals surface area contributed by atoms with Gasteiger partial charge in [-0.3, -0.25) is 4.48 Å². The second kappa shape index (κ2) is 10.5. The molecule has 0 aliphatic rings. The minimum absolute atomic E-state index is 0. The number of aromatic nitrogens is 1. The predicted molar refractivity (Wildman–Crippen MR) is 116 cm³/mol. The van der Waals surface area contributed by atoms with Gasteiger partial charge in [0.05, 0.1) is 26.3 Å². The van der Waals surface area contributed by atoms with Gasteiger partial charge in [0.25, 0.3) is 0 Å². The minimum atomic E-state index is 0. The second-order valence-electron chi connectivity index (χ2n) is 6.85. The van der Waals surface area contributed by atoms with E-state index in [1.165, 1.54) is 22.7 Å². The molecule has 0 saturated carbocycles. The van der Waals surface area contributed by atoms with Gasteiger partial charge < -0.3 is 21.9 Å². The zero-order valence-electron chi connectivity index (χ0n) is 16.5. The summed E-state index contributed by atoms with van der Waals surface area (Å²) in [5.74, 6) is 0. The summed E-state index contributed by atoms with van der Waals surface area (Å²) in [4.78, 5) is 6.50. The highest BCUT2D eigenvalue weighted by Crippen LogP contribution is 2.24. The first-order valence-corrected chi connectivity index (χ1v) is 10.0. The van der Waals surface area contributed by atoms with Crippen LogP contribution in [0.2, 0.25) is 0 Å². The van der Waals surface area contributed by atoms with E-state index in [1.54, 1.807) is 6.20 Å². The third kappa shape index (κ3) is 5.95. The van der Waals surface area contributed by atoms with Crippen LogP contribution < -0.4 is 26.4 Å². The zero-order chi connectivity index (χ0) is 19.1. The summed E-state index contributed by atoms with van der Waals surface area (Å²) in [6, 6.07) is 18.9. The fourth-order valence-electron chi connectivity index (χ4n) is 2.90. The van der Waals surface area contributed by atoms with Crippen molar-refractivity contribution in [1.29, 1.82) is 0 Å². The van der Waals surface area contributed by atoms with Crippen molar-refractivity contribution in [2.24, 2.45) is 10.2 Å². The van der Waals surface area contributed by atoms with Gasteiger partial charge in [-0.15, -0.1) is 21.6 Å². The highest BCUT2D eigenvalue weighted by molar-refractivity contribution is 7.13. The van der Waals surface area contributed by atoms with E-state index in [-0.39, 0.29) is 17.0 Å². The first kappa shape index (κ1) is 22.2. The molecule has 0 bridgehead atoms. The number of rotatable bonds is 8. The van der Waals surface area contributed by atoms with Crippen LogP contribution in [-0.2, 0) is 0 Å². The van der Waals surface area contributed by atoms with Crippen molar-refractivity contribution in [3.63, 3.8) is 0 Å². The van der Waals surface area contributed by atoms with Crippen LogP contribution in [0.15, 0.2) is 76.4 Å². The monoisotopic (exact) mass is 459 g/mol. The molecule has 2 aromatic carbocycles. The zero-order valence-corrected chi connectivity index (χ0v) is 18.9. The molecule has 0 spiro atoms. The van der Waals surface area contributed by atoms with Gasteiger partial charge in [0.1, 0.15) is 12.2 Å². The van der Waals surface area contributed by atoms with Gasteiger partial charge in [-0.25, -0.2) is 4.98 Å². The molecule has 148 valence electrons. The van der Waals surface area contributed by atoms with Crippen LogP contribution in [0.5, 0.6) is 0 Å². The molecule has 0 amide bonds. The average molecular weight is 460 g/mol. The molecule has 3 rings (SSSR count). The SMILES string of the molecule is CCN(CC[N+](C)(C)c1ccccc1)c1ccc(N=Nc2nccs2)cc1.[Br-]. The molecule has 5 nitrogen and oxygen atoms in total. The normalized spacial score (nSPS) is 11.4. The molecular formula is C21H26BrN5S. The van der Waals surface area contributed by atoms with E-state index in [0.29, 0.717) is 5.13 Å². The fraction of sp³-hybridized carbons (Fsp3) is 0.286. The molecule has 0 radical (unpaired) electrons. The summed E-state index contributed by atoms with van der Waals surface area (Å²) >= 11 is 1.48. The number of nitrogens with zero attached hydrogens (tertiary/aromatic N) is 5. The maximum Gasteiger partial charge on any atom is 0.229 e. The molecule has 0 aliphatic heterocycles. The van der Waals surface area contributed by atoms with Gasteiger partial charge >= 0.3 is 0 Å². The van der Waals surface area contributed by atoms with Crippen LogP contribution in [0, 0.1) is 0 Å². The first-order valence-electron chi connectivity index (χ1n) is 9.13. The molecule has 0 fully saturated rings. The van der Waals surface area contributed by atoms with Gasteiger partial charge in [-0.05, 0) is 43.3 Å². The number of anilines is 1. The van der Waals surface area contributed by atoms with E-state index in [0.717, 1.165) is 29.8 Å². The van der Waals surface area contributed by atoms with Crippen molar-refractivity contribution in [3.8, 4) is 0 Å². The maximum atomic E-state index is 4.25. The Morgan fingerprint density at radius 3 is 2.32 bits per heavy atom. The molecule has 28 heavy (non-hydrogen) atoms. The minimum Gasteiger partial charge on any atom is -1.00 e. The molecule has 7 heteroatoms. The van der Waals surface area contributed by atoms with E-state index in [2.05, 4.69) is 83.6 Å². The van der Waals surface area contributed by atoms with Gasteiger partial charge in [0.2, 0.25) is 5.13 Å². The van der Waals surface area contributed by atoms with Crippen molar-refractivity contribution in [2.45, 2.75) is 6.92 Å². The van der Waals surface area contributed by atoms with E-state index in [1.807, 2.05) is 17.5 Å². The average Bonchev–Trinajstić information content (AvgIpc) is 3.22. The number of benzene rings is 2. The van der Waals surface area contributed by atoms with Crippen molar-refractivity contribution in [1.82, 2.24) is 9.47 Å². The van der Waals surface area contributed by atoms with Crippen molar-refractivity contribution < 1.29 is 17.0 Å². The third-order valence-corrected chi connectivity index (χ3v) is 5.31. The Hall–Kier alpha value is -2.09. The molecule has 0 aliphatic carbocycles. The molecule has 3 aromatic rings. The molecule has 1 aromatic heterocycles. The van der Waals surface area contributed by atoms with Crippen LogP contribution in [0.4, 0.5) is 22.2 Å². The lowest BCUT2D eigenvalue weighted by molar-refractivity contribution is -0.00000571. The Kier molecular flexibility index (Phi) is 8.29. The number of thiazole rings is 1. The fourth-order valence-corrected chi connectivity index (χ4v) is 3.35. The lowest BCUT2D eigenvalue weighted by Crippen LogP contribution is -3.00. The Bertz CT molecular complexity index is 848. The van der Waals surface area contributed by atoms with Crippen LogP contribution >= 0.6 is 11.3 Å². The van der Waals surface area contributed by atoms with Crippen molar-refractivity contribution in [3.05, 3.63) is 66.2 Å². The molecule has 0 N–H and O–H groups in total. The number of halogens is 1. The highest BCUT2D eigenvalue weighted by Gasteiger charge is 2.19. The number of hydrogen-bond acceptors (Lipinski definition) is 5. The number of hydrogen-bond donors (Lipinski definition) is 0. The van der Waals surface area contributed by atoms with Crippen LogP contribution in [-0.4, -0.2) is 38.7 Å². The number of para-hydroxylation sites is 1. The molecule has 0 saturated heterocycles. The van der Waals surface area contributed by atoms with E-state index < -0.39 is 0 Å². The second-order valence-corrected chi connectivity index (χ2v) is 7.73. The summed E-state index contributed by atoms with van der Waals surface area (Å²) < 4.78 is 0.859. The summed E-state index contributed by atoms with van der Waals surface area (Å²) in [7, 11) is 4.51. The highest BCUT2D eigenvalue weighted by atomic mass is 79.9. The van der Waals surface area contributed by atoms with Crippen LogP contribution in [0.3, 0.4) is 0 Å². The Labute approximate surface area is 181 Å². The van der Waals surface area contributed by atoms with E-state index in [4.69, 9.17) is 0 Å². The number of likely N-dealkylation sites (N-methyl/N-ethyl adjacent to an activating group) is 2. The molecule has 1 heterocycles. The summed E-state index contributed by atoms with van der Waals surface area (Å²) in [5, 5.41) is 11.0. The lowest BCUT2D eigenvalue weighted by atomic mass is 10.2. The number of quaternary nitrogens is 1. The van der Waals surface area contributed by atoms with E-state index >= 15 is 0 Å². The van der Waals surface area contributed by atoms with E-state index in [9.17, 15) is 0 Å². The molecule has 0 unspecified atom stereocenters. The van der Waals surface area contributed by atoms with Crippen LogP contribution in [0.25, 0.3) is 0 Å². The largest absolute Gasteiger partial charge is 1.00 e. The van der Waals surface area contributed by atoms with Gasteiger partial charge in [0, 0.05) is 23.8 Å². The number of azo groups is 1. The van der Waals surface area contributed by atoms with Crippen molar-refractivity contribution >= 4 is 33.5 Å². The Morgan fingerprint density at radius 1 is 1.00 bits per heavy atom. The summed E-state index contributed by atoms with van der Waals surface area (Å²) in [6.07, 6.45) is 1.73. The predicted octanol–water partition coefficient (Wildman–Crippen LogP) is 2.66. The maximum absolute atomic E-state index is 4.25. The quantitative estimate of drug-likeness (QED) is 0.383. The first-order chi connectivity index (χ1) is 13.1. The molecular weight excluding hydrogens is 434 g/mol.